The summed E-state index contributed by atoms with van der Waals surface area (Å²) in [6.45, 7) is 6.22. The lowest BCUT2D eigenvalue weighted by molar-refractivity contribution is 0.191. The molecule has 3 aromatic heterocycles. The molecule has 0 bridgehead atoms. The Morgan fingerprint density at radius 1 is 0.978 bits per heavy atom. The van der Waals surface area contributed by atoms with Crippen LogP contribution in [0.1, 0.15) is 44.1 Å². The number of nitrogens with zero attached hydrogens (tertiary/aromatic N) is 5. The van der Waals surface area contributed by atoms with Crippen molar-refractivity contribution in [2.75, 3.05) is 30.4 Å². The molecule has 1 unspecified atom stereocenters. The van der Waals surface area contributed by atoms with E-state index in [9.17, 15) is 12.8 Å². The molecule has 0 aliphatic carbocycles. The zero-order chi connectivity index (χ0) is 32.3. The first-order chi connectivity index (χ1) is 22.2. The topological polar surface area (TPSA) is 106 Å². The van der Waals surface area contributed by atoms with Gasteiger partial charge in [0, 0.05) is 28.3 Å². The monoisotopic (exact) mass is 640 g/mol. The highest BCUT2D eigenvalue weighted by Gasteiger charge is 2.27. The van der Waals surface area contributed by atoms with Gasteiger partial charge < -0.3 is 9.73 Å². The van der Waals surface area contributed by atoms with E-state index in [1.165, 1.54) is 24.7 Å². The van der Waals surface area contributed by atoms with E-state index < -0.39 is 9.84 Å². The van der Waals surface area contributed by atoms with Crippen LogP contribution in [0, 0.1) is 5.82 Å². The van der Waals surface area contributed by atoms with E-state index in [2.05, 4.69) is 39.1 Å². The normalized spacial score (nSPS) is 12.7. The van der Waals surface area contributed by atoms with Crippen molar-refractivity contribution >= 4 is 43.1 Å². The van der Waals surface area contributed by atoms with Crippen molar-refractivity contribution in [3.63, 3.8) is 0 Å². The van der Waals surface area contributed by atoms with Crippen molar-refractivity contribution < 1.29 is 17.2 Å². The van der Waals surface area contributed by atoms with Gasteiger partial charge in [0.2, 0.25) is 0 Å². The number of sulfone groups is 1. The number of furan rings is 1. The van der Waals surface area contributed by atoms with Crippen molar-refractivity contribution in [2.45, 2.75) is 39.3 Å². The van der Waals surface area contributed by atoms with Crippen LogP contribution in [0.25, 0.3) is 33.1 Å². The van der Waals surface area contributed by atoms with Crippen molar-refractivity contribution in [1.82, 2.24) is 24.6 Å². The number of hydrogen-bond acceptors (Lipinski definition) is 8. The van der Waals surface area contributed by atoms with Gasteiger partial charge in [0.1, 0.15) is 39.3 Å². The minimum atomic E-state index is -3.25. The average Bonchev–Trinajstić information content (AvgIpc) is 3.67. The summed E-state index contributed by atoms with van der Waals surface area (Å²) in [4.78, 5) is 11.2. The standard InChI is InChI=1S/C35H37FN6O3S/c1-4-15-41(16-5-2)32(22-46(3,43)44)34-14-13-33(45-34)25-9-11-30-29(19-25)35(38-23-37-30)40-28-10-12-31-26(18-28)20-39-42(31)21-24-7-6-8-27(36)17-24/h6-14,17-20,23,32H,4-5,15-16,21-22H2,1-3H3,(H,37,38,40). The zero-order valence-electron chi connectivity index (χ0n) is 26.1. The number of rotatable bonds is 13. The number of anilines is 2. The van der Waals surface area contributed by atoms with E-state index >= 15 is 0 Å². The average molecular weight is 641 g/mol. The first-order valence-corrected chi connectivity index (χ1v) is 17.5. The number of halogens is 1. The second-order valence-corrected chi connectivity index (χ2v) is 13.8. The fourth-order valence-corrected chi connectivity index (χ4v) is 6.83. The second-order valence-electron chi connectivity index (χ2n) is 11.6. The van der Waals surface area contributed by atoms with E-state index in [1.54, 1.807) is 12.3 Å². The molecular weight excluding hydrogens is 603 g/mol. The third kappa shape index (κ3) is 7.11. The molecule has 6 aromatic rings. The molecule has 0 saturated heterocycles. The van der Waals surface area contributed by atoms with Gasteiger partial charge >= 0.3 is 0 Å². The lowest BCUT2D eigenvalue weighted by atomic mass is 10.1. The third-order valence-electron chi connectivity index (χ3n) is 7.92. The van der Waals surface area contributed by atoms with Gasteiger partial charge in [-0.25, -0.2) is 22.8 Å². The highest BCUT2D eigenvalue weighted by atomic mass is 32.2. The number of hydrogen-bond donors (Lipinski definition) is 1. The molecule has 46 heavy (non-hydrogen) atoms. The molecule has 3 heterocycles. The van der Waals surface area contributed by atoms with Crippen LogP contribution in [0.2, 0.25) is 0 Å². The van der Waals surface area contributed by atoms with E-state index in [-0.39, 0.29) is 17.6 Å². The first-order valence-electron chi connectivity index (χ1n) is 15.4. The number of nitrogens with one attached hydrogen (secondary N) is 1. The van der Waals surface area contributed by atoms with Crippen molar-refractivity contribution in [2.24, 2.45) is 0 Å². The predicted molar refractivity (Wildman–Crippen MR) is 180 cm³/mol. The largest absolute Gasteiger partial charge is 0.459 e. The van der Waals surface area contributed by atoms with Crippen molar-refractivity contribution in [3.8, 4) is 11.3 Å². The Morgan fingerprint density at radius 3 is 2.57 bits per heavy atom. The molecule has 0 fully saturated rings. The minimum absolute atomic E-state index is 0.00631. The van der Waals surface area contributed by atoms with Crippen LogP contribution in [0.4, 0.5) is 15.9 Å². The number of aromatic nitrogens is 4. The summed E-state index contributed by atoms with van der Waals surface area (Å²) in [5.74, 6) is 1.64. The van der Waals surface area contributed by atoms with Crippen molar-refractivity contribution in [3.05, 3.63) is 102 Å². The summed E-state index contributed by atoms with van der Waals surface area (Å²) in [6.07, 6.45) is 6.42. The Bertz CT molecular complexity index is 2090. The molecule has 0 spiro atoms. The van der Waals surface area contributed by atoms with Gasteiger partial charge in [0.25, 0.3) is 0 Å². The van der Waals surface area contributed by atoms with Gasteiger partial charge in [0.05, 0.1) is 35.6 Å². The Morgan fingerprint density at radius 2 is 1.80 bits per heavy atom. The molecule has 0 aliphatic rings. The molecule has 6 rings (SSSR count). The fraction of sp³-hybridized carbons (Fsp3) is 0.286. The van der Waals surface area contributed by atoms with Gasteiger partial charge in [-0.1, -0.05) is 26.0 Å². The highest BCUT2D eigenvalue weighted by molar-refractivity contribution is 7.90. The van der Waals surface area contributed by atoms with Crippen LogP contribution in [0.15, 0.2) is 89.7 Å². The molecule has 11 heteroatoms. The maximum atomic E-state index is 13.7. The molecule has 0 amide bonds. The molecule has 1 atom stereocenters. The van der Waals surface area contributed by atoms with Gasteiger partial charge in [-0.15, -0.1) is 0 Å². The third-order valence-corrected chi connectivity index (χ3v) is 8.85. The molecule has 238 valence electrons. The fourth-order valence-electron chi connectivity index (χ4n) is 5.88. The predicted octanol–water partition coefficient (Wildman–Crippen LogP) is 7.38. The molecule has 0 radical (unpaired) electrons. The van der Waals surface area contributed by atoms with Gasteiger partial charge in [-0.3, -0.25) is 9.58 Å². The van der Waals surface area contributed by atoms with Crippen LogP contribution >= 0.6 is 0 Å². The van der Waals surface area contributed by atoms with Gasteiger partial charge in [-0.2, -0.15) is 5.10 Å². The summed E-state index contributed by atoms with van der Waals surface area (Å²) < 4.78 is 46.7. The zero-order valence-corrected chi connectivity index (χ0v) is 27.0. The second kappa shape index (κ2) is 13.4. The lowest BCUT2D eigenvalue weighted by Gasteiger charge is -2.29. The minimum Gasteiger partial charge on any atom is -0.459 e. The van der Waals surface area contributed by atoms with Crippen LogP contribution in [0.3, 0.4) is 0 Å². The maximum absolute atomic E-state index is 13.7. The van der Waals surface area contributed by atoms with E-state index in [1.807, 2.05) is 59.3 Å². The van der Waals surface area contributed by atoms with E-state index in [0.29, 0.717) is 23.9 Å². The Labute approximate surface area is 268 Å². The van der Waals surface area contributed by atoms with Gasteiger partial charge in [-0.05, 0) is 92.2 Å². The molecular formula is C35H37FN6O3S. The number of benzene rings is 3. The molecule has 0 saturated carbocycles. The Kier molecular flexibility index (Phi) is 9.14. The molecule has 3 aromatic carbocycles. The first kappa shape index (κ1) is 31.4. The Hall–Kier alpha value is -4.61. The van der Waals surface area contributed by atoms with Gasteiger partial charge in [0.15, 0.2) is 0 Å². The van der Waals surface area contributed by atoms with Crippen LogP contribution in [-0.2, 0) is 16.4 Å². The summed E-state index contributed by atoms with van der Waals surface area (Å²) in [7, 11) is -3.25. The maximum Gasteiger partial charge on any atom is 0.149 e. The lowest BCUT2D eigenvalue weighted by Crippen LogP contribution is -2.34. The van der Waals surface area contributed by atoms with E-state index in [4.69, 9.17) is 4.42 Å². The van der Waals surface area contributed by atoms with Crippen LogP contribution in [-0.4, -0.2) is 58.2 Å². The summed E-state index contributed by atoms with van der Waals surface area (Å²) in [5.41, 5.74) is 4.21. The van der Waals surface area contributed by atoms with Crippen LogP contribution in [0.5, 0.6) is 0 Å². The Balaban J connectivity index is 1.28. The highest BCUT2D eigenvalue weighted by Crippen LogP contribution is 2.33. The summed E-state index contributed by atoms with van der Waals surface area (Å²) in [6, 6.07) is 21.7. The van der Waals surface area contributed by atoms with Crippen molar-refractivity contribution in [1.29, 1.82) is 0 Å². The summed E-state index contributed by atoms with van der Waals surface area (Å²) in [5, 5.41) is 9.71. The molecule has 1 N–H and O–H groups in total. The SMILES string of the molecule is CCCN(CCC)C(CS(C)(=O)=O)c1ccc(-c2ccc3ncnc(Nc4ccc5c(cnn5Cc5cccc(F)c5)c4)c3c2)o1. The van der Waals surface area contributed by atoms with Crippen LogP contribution < -0.4 is 5.32 Å². The summed E-state index contributed by atoms with van der Waals surface area (Å²) >= 11 is 0. The van der Waals surface area contributed by atoms with E-state index in [0.717, 1.165) is 64.6 Å². The molecule has 0 aliphatic heterocycles. The number of fused-ring (bicyclic) bond motifs is 2. The smallest absolute Gasteiger partial charge is 0.149 e. The molecule has 9 nitrogen and oxygen atoms in total. The quantitative estimate of drug-likeness (QED) is 0.139.